The van der Waals surface area contributed by atoms with Gasteiger partial charge in [0.2, 0.25) is 11.8 Å². The van der Waals surface area contributed by atoms with Gasteiger partial charge in [-0.15, -0.1) is 0 Å². The van der Waals surface area contributed by atoms with Crippen molar-refractivity contribution >= 4 is 64.5 Å². The molecule has 0 radical (unpaired) electrons. The number of unbranched alkanes of at least 4 members (excludes halogenated alkanes) is 2. The molecule has 23 heteroatoms. The van der Waals surface area contributed by atoms with Crippen LogP contribution in [-0.2, 0) is 30.4 Å². The van der Waals surface area contributed by atoms with Crippen LogP contribution in [0.15, 0.2) is 104 Å². The quantitative estimate of drug-likeness (QED) is 0.0291. The minimum absolute atomic E-state index is 0.0297. The maximum atomic E-state index is 14.4. The number of carbonyl (C=O) groups excluding carboxylic acids is 7. The van der Waals surface area contributed by atoms with Crippen LogP contribution in [0.2, 0.25) is 0 Å². The zero-order valence-electron chi connectivity index (χ0n) is 49.8. The lowest BCUT2D eigenvalue weighted by atomic mass is 10.0. The number of aliphatic hydroxyl groups excluding tert-OH is 1. The van der Waals surface area contributed by atoms with Crippen molar-refractivity contribution in [3.63, 3.8) is 0 Å². The largest absolute Gasteiger partial charge is 0.497 e. The Morgan fingerprint density at radius 2 is 1.36 bits per heavy atom. The molecule has 1 aliphatic carbocycles. The maximum absolute atomic E-state index is 14.4. The van der Waals surface area contributed by atoms with Crippen LogP contribution in [0, 0.1) is 11.3 Å². The van der Waals surface area contributed by atoms with E-state index in [1.807, 2.05) is 30.5 Å². The molecule has 462 valence electrons. The van der Waals surface area contributed by atoms with Gasteiger partial charge in [-0.05, 0) is 116 Å². The number of fused-ring (bicyclic) bond motifs is 4. The molecule has 0 aromatic heterocycles. The summed E-state index contributed by atoms with van der Waals surface area (Å²) in [6.45, 7) is 12.9. The van der Waals surface area contributed by atoms with E-state index in [9.17, 15) is 38.7 Å². The van der Waals surface area contributed by atoms with Crippen molar-refractivity contribution in [3.05, 3.63) is 127 Å². The summed E-state index contributed by atoms with van der Waals surface area (Å²) in [5.74, 6) is -0.269. The lowest BCUT2D eigenvalue weighted by Gasteiger charge is -2.31. The number of hydrogen-bond acceptors (Lipinski definition) is 16. The van der Waals surface area contributed by atoms with Gasteiger partial charge in [0.05, 0.1) is 75.7 Å². The van der Waals surface area contributed by atoms with Gasteiger partial charge in [-0.3, -0.25) is 24.1 Å². The predicted octanol–water partition coefficient (Wildman–Crippen LogP) is 8.59. The van der Waals surface area contributed by atoms with E-state index in [1.165, 1.54) is 50.3 Å². The lowest BCUT2D eigenvalue weighted by Crippen LogP contribution is -2.53. The van der Waals surface area contributed by atoms with E-state index >= 15 is 0 Å². The summed E-state index contributed by atoms with van der Waals surface area (Å²) < 4.78 is 45.7. The zero-order chi connectivity index (χ0) is 62.1. The van der Waals surface area contributed by atoms with Gasteiger partial charge in [-0.25, -0.2) is 19.3 Å². The van der Waals surface area contributed by atoms with Crippen molar-refractivity contribution in [2.75, 3.05) is 76.0 Å². The molecule has 87 heavy (non-hydrogen) atoms. The number of rotatable bonds is 24. The minimum atomic E-state index is -1.47. The van der Waals surface area contributed by atoms with E-state index in [1.54, 1.807) is 67.2 Å². The third kappa shape index (κ3) is 14.0. The molecule has 4 aromatic rings. The third-order valence-electron chi connectivity index (χ3n) is 16.1. The number of amides is 7. The number of methoxy groups -OCH3 is 3. The van der Waals surface area contributed by atoms with E-state index in [0.717, 1.165) is 28.9 Å². The van der Waals surface area contributed by atoms with Crippen LogP contribution in [0.3, 0.4) is 0 Å². The second-order valence-corrected chi connectivity index (χ2v) is 22.4. The molecule has 1 saturated carbocycles. The molecule has 4 aliphatic heterocycles. The fourth-order valence-electron chi connectivity index (χ4n) is 11.2. The number of anilines is 3. The van der Waals surface area contributed by atoms with Crippen LogP contribution >= 0.6 is 0 Å². The van der Waals surface area contributed by atoms with Gasteiger partial charge in [0.1, 0.15) is 37.7 Å². The second-order valence-electron chi connectivity index (χ2n) is 22.4. The van der Waals surface area contributed by atoms with Crippen molar-refractivity contribution in [3.8, 4) is 28.7 Å². The molecule has 23 nitrogen and oxygen atoms in total. The van der Waals surface area contributed by atoms with Gasteiger partial charge in [-0.2, -0.15) is 0 Å². The Bertz CT molecular complexity index is 3290. The average molecular weight is 1200 g/mol. The highest BCUT2D eigenvalue weighted by Gasteiger charge is 2.58. The molecule has 9 rings (SSSR count). The SMILES string of the molecule is C=CCOC(=O)NC(C(=O)NC(C)C(=O)Nc1ccc(COC(=O)N2c3cc(OCCCCCOc4cc5c(cc4OC)C(=O)N4C=C(c6ccc(OC)cc6)C[C@H]4CN5C(=O)OCC=C)c(OC)cc3C(=O)N3CC4(CC4)C[C@H]3C2O)cc1)C(C)C. The topological polar surface area (TPSA) is 263 Å². The zero-order valence-corrected chi connectivity index (χ0v) is 49.8. The van der Waals surface area contributed by atoms with Gasteiger partial charge in [0.25, 0.3) is 11.8 Å². The Labute approximate surface area is 505 Å². The third-order valence-corrected chi connectivity index (χ3v) is 16.1. The van der Waals surface area contributed by atoms with Gasteiger partial charge < -0.3 is 68.8 Å². The number of benzene rings is 4. The lowest BCUT2D eigenvalue weighted by molar-refractivity contribution is -0.128. The first-order chi connectivity index (χ1) is 41.9. The summed E-state index contributed by atoms with van der Waals surface area (Å²) in [5.41, 5.74) is 3.44. The summed E-state index contributed by atoms with van der Waals surface area (Å²) in [5, 5.41) is 20.0. The van der Waals surface area contributed by atoms with E-state index in [2.05, 4.69) is 29.1 Å². The monoisotopic (exact) mass is 1200 g/mol. The van der Waals surface area contributed by atoms with E-state index < -0.39 is 54.4 Å². The van der Waals surface area contributed by atoms with Gasteiger partial charge >= 0.3 is 18.3 Å². The van der Waals surface area contributed by atoms with Crippen molar-refractivity contribution in [2.45, 2.75) is 103 Å². The molecule has 4 heterocycles. The smallest absolute Gasteiger partial charge is 0.416 e. The molecule has 0 bridgehead atoms. The summed E-state index contributed by atoms with van der Waals surface area (Å²) >= 11 is 0. The van der Waals surface area contributed by atoms with Crippen molar-refractivity contribution in [2.24, 2.45) is 11.3 Å². The highest BCUT2D eigenvalue weighted by atomic mass is 16.6. The number of nitrogens with one attached hydrogen (secondary N) is 3. The Hall–Kier alpha value is -9.25. The van der Waals surface area contributed by atoms with Crippen LogP contribution in [0.4, 0.5) is 31.4 Å². The van der Waals surface area contributed by atoms with Crippen LogP contribution in [0.1, 0.15) is 97.6 Å². The molecule has 5 atom stereocenters. The molecule has 4 N–H and O–H groups in total. The molecular weight excluding hydrogens is 1120 g/mol. The Balaban J connectivity index is 0.829. The average Bonchev–Trinajstić information content (AvgIpc) is 1.67. The highest BCUT2D eigenvalue weighted by molar-refractivity contribution is 6.08. The van der Waals surface area contributed by atoms with E-state index in [-0.39, 0.29) is 97.1 Å². The first kappa shape index (κ1) is 62.3. The van der Waals surface area contributed by atoms with Crippen molar-refractivity contribution in [1.82, 2.24) is 20.4 Å². The molecule has 4 aromatic carbocycles. The van der Waals surface area contributed by atoms with Crippen LogP contribution < -0.4 is 49.4 Å². The second kappa shape index (κ2) is 27.4. The van der Waals surface area contributed by atoms with E-state index in [0.29, 0.717) is 72.8 Å². The minimum Gasteiger partial charge on any atom is -0.497 e. The molecular formula is C64H75N7O16. The first-order valence-electron chi connectivity index (χ1n) is 29.0. The number of aliphatic hydroxyl groups is 1. The summed E-state index contributed by atoms with van der Waals surface area (Å²) in [7, 11) is 4.53. The number of carbonyl (C=O) groups is 7. The van der Waals surface area contributed by atoms with Gasteiger partial charge in [0, 0.05) is 30.6 Å². The highest BCUT2D eigenvalue weighted by Crippen LogP contribution is 2.57. The fourth-order valence-corrected chi connectivity index (χ4v) is 11.2. The van der Waals surface area contributed by atoms with Crippen molar-refractivity contribution < 1.29 is 76.6 Å². The van der Waals surface area contributed by atoms with Crippen molar-refractivity contribution in [1.29, 1.82) is 0 Å². The molecule has 7 amide bonds. The van der Waals surface area contributed by atoms with Crippen LogP contribution in [-0.4, -0.2) is 148 Å². The Morgan fingerprint density at radius 3 is 1.97 bits per heavy atom. The standard InChI is InChI=1S/C64H75N7O16/c1-9-24-85-61(77)67-55(38(3)4)57(73)65-39(5)56(72)66-43-18-14-40(15-19-43)36-87-63(79)71-49-32-54(52(82-8)30-47(49)59(75)70-37-64(22-23-64)33-50(70)60(71)76)84-27-13-11-12-26-83-53-31-48-46(29-51(53)81-7)58(74)68-34-42(41-16-20-45(80-6)21-17-41)28-44(68)35-69(48)62(78)86-25-10-2/h9-10,14-21,29-32,34,38-39,44,50,55,60,76H,1-2,11-13,22-28,33,35-37H2,3-8H3,(H,65,73)(H,66,72)(H,67,77)/t39?,44-,50-,55?,60?/m0/s1. The number of ether oxygens (including phenoxy) is 8. The predicted molar refractivity (Wildman–Crippen MR) is 321 cm³/mol. The molecule has 2 fully saturated rings. The molecule has 1 spiro atoms. The number of alkyl carbamates (subject to hydrolysis) is 1. The molecule has 5 aliphatic rings. The van der Waals surface area contributed by atoms with Gasteiger partial charge in [-0.1, -0.05) is 63.4 Å². The van der Waals surface area contributed by atoms with Crippen LogP contribution in [0.5, 0.6) is 28.7 Å². The Morgan fingerprint density at radius 1 is 0.724 bits per heavy atom. The van der Waals surface area contributed by atoms with Crippen LogP contribution in [0.25, 0.3) is 5.57 Å². The summed E-state index contributed by atoms with van der Waals surface area (Å²) in [6, 6.07) is 17.3. The molecule has 1 saturated heterocycles. The first-order valence-corrected chi connectivity index (χ1v) is 29.0. The Kier molecular flexibility index (Phi) is 19.6. The number of hydrogen-bond donors (Lipinski definition) is 4. The maximum Gasteiger partial charge on any atom is 0.416 e. The van der Waals surface area contributed by atoms with E-state index in [4.69, 9.17) is 37.9 Å². The molecule has 3 unspecified atom stereocenters. The summed E-state index contributed by atoms with van der Waals surface area (Å²) in [4.78, 5) is 101. The fraction of sp³-hybridized carbons (Fsp3) is 0.422. The summed E-state index contributed by atoms with van der Waals surface area (Å²) in [6.07, 6.45) is 5.42. The van der Waals surface area contributed by atoms with Gasteiger partial charge in [0.15, 0.2) is 29.2 Å². The number of nitrogens with zero attached hydrogens (tertiary/aromatic N) is 4. The normalized spacial score (nSPS) is 18.5.